The van der Waals surface area contributed by atoms with Crippen LogP contribution in [0.5, 0.6) is 0 Å². The Kier molecular flexibility index (Phi) is 4.90. The lowest BCUT2D eigenvalue weighted by atomic mass is 10.2. The zero-order chi connectivity index (χ0) is 17.1. The topological polar surface area (TPSA) is 85.9 Å². The predicted octanol–water partition coefficient (Wildman–Crippen LogP) is 0.821. The van der Waals surface area contributed by atoms with Crippen LogP contribution < -0.4 is 4.68 Å². The fraction of sp³-hybridized carbons (Fsp3) is 0.333. The van der Waals surface area contributed by atoms with E-state index in [2.05, 4.69) is 19.2 Å². The summed E-state index contributed by atoms with van der Waals surface area (Å²) in [6.45, 7) is 0.0496. The van der Waals surface area contributed by atoms with E-state index in [4.69, 9.17) is 0 Å². The summed E-state index contributed by atoms with van der Waals surface area (Å²) >= 11 is 0. The van der Waals surface area contributed by atoms with E-state index < -0.39 is 22.0 Å². The Hall–Kier alpha value is -2.14. The number of alkyl halides is 3. The second kappa shape index (κ2) is 6.54. The number of nitrogens with zero attached hydrogens (tertiary/aromatic N) is 4. The van der Waals surface area contributed by atoms with E-state index in [9.17, 15) is 21.6 Å². The van der Waals surface area contributed by atoms with Crippen molar-refractivity contribution in [1.29, 1.82) is 0 Å². The lowest BCUT2D eigenvalue weighted by Crippen LogP contribution is -2.40. The summed E-state index contributed by atoms with van der Waals surface area (Å²) in [6, 6.07) is 2.30. The highest BCUT2D eigenvalue weighted by molar-refractivity contribution is 7.86. The third-order valence-electron chi connectivity index (χ3n) is 2.85. The minimum absolute atomic E-state index is 0.0496. The van der Waals surface area contributed by atoms with Crippen LogP contribution in [0, 0.1) is 0 Å². The van der Waals surface area contributed by atoms with Gasteiger partial charge in [0.2, 0.25) is 0 Å². The fourth-order valence-electron chi connectivity index (χ4n) is 1.63. The molecule has 2 heterocycles. The van der Waals surface area contributed by atoms with E-state index in [0.717, 1.165) is 19.5 Å². The van der Waals surface area contributed by atoms with Crippen LogP contribution in [0.4, 0.5) is 13.2 Å². The molecule has 0 N–H and O–H groups in total. The Bertz CT molecular complexity index is 779. The highest BCUT2D eigenvalue weighted by Gasteiger charge is 2.32. The van der Waals surface area contributed by atoms with Crippen LogP contribution in [0.3, 0.4) is 0 Å². The van der Waals surface area contributed by atoms with E-state index in [1.807, 2.05) is 0 Å². The first kappa shape index (κ1) is 17.2. The van der Waals surface area contributed by atoms with Crippen molar-refractivity contribution in [2.75, 3.05) is 12.9 Å². The molecule has 0 saturated carbocycles. The number of rotatable bonds is 5. The zero-order valence-electron chi connectivity index (χ0n) is 11.9. The summed E-state index contributed by atoms with van der Waals surface area (Å²) in [5.74, 6) is -0.272. The molecule has 11 heteroatoms. The van der Waals surface area contributed by atoms with Gasteiger partial charge in [0.1, 0.15) is 24.0 Å². The first-order chi connectivity index (χ1) is 10.7. The highest BCUT2D eigenvalue weighted by atomic mass is 32.2. The van der Waals surface area contributed by atoms with Gasteiger partial charge in [0.25, 0.3) is 10.1 Å². The molecule has 0 aliphatic rings. The Morgan fingerprint density at radius 2 is 2.04 bits per heavy atom. The smallest absolute Gasteiger partial charge is 0.273 e. The minimum atomic E-state index is -4.56. The standard InChI is InChI=1S/C12H12F3N4O3S/c1-22-23(20,21)5-4-19-3-2-9(7-18-19)10-6-11(12(13,14)15)17-8-16-10/h2-3,6-8H,4-5H2,1H3/q+1. The Morgan fingerprint density at radius 1 is 1.30 bits per heavy atom. The number of hydrogen-bond acceptors (Lipinski definition) is 6. The van der Waals surface area contributed by atoms with Crippen molar-refractivity contribution in [2.24, 2.45) is 0 Å². The van der Waals surface area contributed by atoms with Gasteiger partial charge in [-0.1, -0.05) is 4.68 Å². The average molecular weight is 349 g/mol. The van der Waals surface area contributed by atoms with Crippen LogP contribution in [0.25, 0.3) is 11.3 Å². The van der Waals surface area contributed by atoms with Crippen molar-refractivity contribution in [3.63, 3.8) is 0 Å². The van der Waals surface area contributed by atoms with Gasteiger partial charge in [-0.05, 0) is 11.2 Å². The molecule has 0 aromatic carbocycles. The van der Waals surface area contributed by atoms with E-state index in [1.54, 1.807) is 0 Å². The van der Waals surface area contributed by atoms with Gasteiger partial charge >= 0.3 is 6.18 Å². The molecule has 0 aliphatic heterocycles. The second-order valence-corrected chi connectivity index (χ2v) is 6.25. The molecule has 0 saturated heterocycles. The van der Waals surface area contributed by atoms with Crippen molar-refractivity contribution < 1.29 is 30.5 Å². The molecular formula is C12H12F3N4O3S+. The van der Waals surface area contributed by atoms with Gasteiger partial charge in [0.15, 0.2) is 12.7 Å². The number of halogens is 3. The summed E-state index contributed by atoms with van der Waals surface area (Å²) < 4.78 is 65.9. The van der Waals surface area contributed by atoms with Crippen molar-refractivity contribution in [3.8, 4) is 11.3 Å². The molecule has 0 amide bonds. The van der Waals surface area contributed by atoms with Crippen LogP contribution in [0.1, 0.15) is 5.69 Å². The van der Waals surface area contributed by atoms with Crippen LogP contribution >= 0.6 is 0 Å². The van der Waals surface area contributed by atoms with E-state index in [-0.39, 0.29) is 18.0 Å². The van der Waals surface area contributed by atoms with Crippen molar-refractivity contribution in [2.45, 2.75) is 12.7 Å². The van der Waals surface area contributed by atoms with Crippen LogP contribution in [-0.4, -0.2) is 36.3 Å². The van der Waals surface area contributed by atoms with Crippen LogP contribution in [-0.2, 0) is 27.0 Å². The van der Waals surface area contributed by atoms with Crippen molar-refractivity contribution >= 4 is 10.1 Å². The van der Waals surface area contributed by atoms with Crippen LogP contribution in [0.15, 0.2) is 30.9 Å². The maximum atomic E-state index is 12.6. The Morgan fingerprint density at radius 3 is 2.61 bits per heavy atom. The molecule has 0 aliphatic carbocycles. The Balaban J connectivity index is 2.17. The molecule has 0 unspecified atom stereocenters. The molecule has 0 spiro atoms. The number of hydrogen-bond donors (Lipinski definition) is 0. The second-order valence-electron chi connectivity index (χ2n) is 4.39. The van der Waals surface area contributed by atoms with Gasteiger partial charge in [-0.25, -0.2) is 9.97 Å². The minimum Gasteiger partial charge on any atom is -0.273 e. The van der Waals surface area contributed by atoms with Crippen LogP contribution in [0.2, 0.25) is 0 Å². The summed E-state index contributed by atoms with van der Waals surface area (Å²) in [5, 5.41) is 3.94. The molecule has 0 bridgehead atoms. The molecule has 2 aromatic heterocycles. The lowest BCUT2D eigenvalue weighted by molar-refractivity contribution is -0.750. The molecule has 124 valence electrons. The molecule has 0 radical (unpaired) electrons. The SMILES string of the molecule is COS(=O)(=O)CC[n+]1ccc(-c2cc(C(F)(F)F)ncn2)cn1. The lowest BCUT2D eigenvalue weighted by Gasteiger charge is -2.06. The summed E-state index contributed by atoms with van der Waals surface area (Å²) in [7, 11) is -2.55. The molecule has 0 fully saturated rings. The third kappa shape index (κ3) is 4.66. The highest BCUT2D eigenvalue weighted by Crippen LogP contribution is 2.29. The molecule has 2 aromatic rings. The molecule has 0 atom stereocenters. The monoisotopic (exact) mass is 349 g/mol. The van der Waals surface area contributed by atoms with Gasteiger partial charge in [0, 0.05) is 11.6 Å². The van der Waals surface area contributed by atoms with Crippen molar-refractivity contribution in [3.05, 3.63) is 36.5 Å². The van der Waals surface area contributed by atoms with Crippen molar-refractivity contribution in [1.82, 2.24) is 15.1 Å². The maximum Gasteiger partial charge on any atom is 0.433 e. The number of aromatic nitrogens is 4. The molecule has 2 rings (SSSR count). The van der Waals surface area contributed by atoms with E-state index >= 15 is 0 Å². The fourth-order valence-corrected chi connectivity index (χ4v) is 2.20. The number of aryl methyl sites for hydroxylation is 1. The van der Waals surface area contributed by atoms with Gasteiger partial charge < -0.3 is 0 Å². The molecular weight excluding hydrogens is 337 g/mol. The Labute approximate surface area is 129 Å². The molecule has 23 heavy (non-hydrogen) atoms. The van der Waals surface area contributed by atoms with Gasteiger partial charge in [-0.3, -0.25) is 4.18 Å². The molecule has 7 nitrogen and oxygen atoms in total. The summed E-state index contributed by atoms with van der Waals surface area (Å²) in [4.78, 5) is 6.95. The van der Waals surface area contributed by atoms with Gasteiger partial charge in [-0.2, -0.15) is 21.6 Å². The average Bonchev–Trinajstić information content (AvgIpc) is 2.53. The summed E-state index contributed by atoms with van der Waals surface area (Å²) in [6.07, 6.45) is -1.00. The maximum absolute atomic E-state index is 12.6. The zero-order valence-corrected chi connectivity index (χ0v) is 12.7. The van der Waals surface area contributed by atoms with E-state index in [0.29, 0.717) is 5.56 Å². The first-order valence-corrected chi connectivity index (χ1v) is 7.83. The first-order valence-electron chi connectivity index (χ1n) is 6.25. The summed E-state index contributed by atoms with van der Waals surface area (Å²) in [5.41, 5.74) is -0.634. The largest absolute Gasteiger partial charge is 0.433 e. The third-order valence-corrected chi connectivity index (χ3v) is 4.04. The predicted molar refractivity (Wildman–Crippen MR) is 71.3 cm³/mol. The van der Waals surface area contributed by atoms with E-state index in [1.165, 1.54) is 23.1 Å². The van der Waals surface area contributed by atoms with Gasteiger partial charge in [-0.15, -0.1) is 0 Å². The van der Waals surface area contributed by atoms with Gasteiger partial charge in [0.05, 0.1) is 12.8 Å². The normalized spacial score (nSPS) is 12.3. The quantitative estimate of drug-likeness (QED) is 0.587.